The van der Waals surface area contributed by atoms with Gasteiger partial charge in [0.1, 0.15) is 6.17 Å². The van der Waals surface area contributed by atoms with E-state index in [4.69, 9.17) is 0 Å². The Bertz CT molecular complexity index is 350. The Kier molecular flexibility index (Phi) is 3.58. The predicted molar refractivity (Wildman–Crippen MR) is 65.3 cm³/mol. The maximum atomic E-state index is 11.7. The first-order valence-corrected chi connectivity index (χ1v) is 6.27. The Morgan fingerprint density at radius 1 is 1.62 bits per heavy atom. The summed E-state index contributed by atoms with van der Waals surface area (Å²) in [6.45, 7) is 2.13. The van der Waals surface area contributed by atoms with E-state index in [2.05, 4.69) is 16.3 Å². The molecule has 1 amide bonds. The summed E-state index contributed by atoms with van der Waals surface area (Å²) < 4.78 is 0. The van der Waals surface area contributed by atoms with Crippen molar-refractivity contribution in [3.05, 3.63) is 22.4 Å². The van der Waals surface area contributed by atoms with Crippen LogP contribution in [0.3, 0.4) is 0 Å². The minimum Gasteiger partial charge on any atom is -0.320 e. The summed E-state index contributed by atoms with van der Waals surface area (Å²) in [5.74, 6) is 0.195. The summed E-state index contributed by atoms with van der Waals surface area (Å²) in [5.41, 5.74) is 0. The van der Waals surface area contributed by atoms with Crippen molar-refractivity contribution in [2.75, 3.05) is 33.7 Å². The van der Waals surface area contributed by atoms with Gasteiger partial charge in [0.2, 0.25) is 5.91 Å². The van der Waals surface area contributed by atoms with Gasteiger partial charge in [0.15, 0.2) is 0 Å². The Morgan fingerprint density at radius 3 is 3.06 bits per heavy atom. The van der Waals surface area contributed by atoms with Crippen molar-refractivity contribution >= 4 is 17.2 Å². The summed E-state index contributed by atoms with van der Waals surface area (Å²) >= 11 is 1.69. The molecular weight excluding hydrogens is 222 g/mol. The first-order valence-electron chi connectivity index (χ1n) is 5.39. The minimum atomic E-state index is 0.0763. The largest absolute Gasteiger partial charge is 0.320 e. The lowest BCUT2D eigenvalue weighted by molar-refractivity contribution is -0.128. The van der Waals surface area contributed by atoms with Gasteiger partial charge in [0, 0.05) is 18.0 Å². The van der Waals surface area contributed by atoms with Crippen LogP contribution in [0.25, 0.3) is 0 Å². The van der Waals surface area contributed by atoms with E-state index in [1.165, 1.54) is 4.88 Å². The number of rotatable bonds is 4. The number of hydrogen-bond acceptors (Lipinski definition) is 4. The van der Waals surface area contributed by atoms with E-state index in [1.54, 1.807) is 11.3 Å². The first-order chi connectivity index (χ1) is 7.68. The van der Waals surface area contributed by atoms with Crippen LogP contribution >= 0.6 is 11.3 Å². The van der Waals surface area contributed by atoms with Crippen LogP contribution in [0.15, 0.2) is 17.5 Å². The highest BCUT2D eigenvalue weighted by Gasteiger charge is 2.31. The summed E-state index contributed by atoms with van der Waals surface area (Å²) in [6, 6.07) is 4.10. The molecule has 0 radical (unpaired) electrons. The third-order valence-corrected chi connectivity index (χ3v) is 3.60. The highest BCUT2D eigenvalue weighted by atomic mass is 32.1. The molecule has 4 nitrogen and oxygen atoms in total. The van der Waals surface area contributed by atoms with Gasteiger partial charge in [0.25, 0.3) is 0 Å². The molecule has 16 heavy (non-hydrogen) atoms. The molecular formula is C11H17N3OS. The summed E-state index contributed by atoms with van der Waals surface area (Å²) in [5, 5.41) is 5.30. The van der Waals surface area contributed by atoms with Gasteiger partial charge in [-0.05, 0) is 25.5 Å². The van der Waals surface area contributed by atoms with Crippen LogP contribution in [0.2, 0.25) is 0 Å². The van der Waals surface area contributed by atoms with Gasteiger partial charge in [-0.3, -0.25) is 10.1 Å². The maximum absolute atomic E-state index is 11.7. The molecule has 88 valence electrons. The number of amides is 1. The highest BCUT2D eigenvalue weighted by Crippen LogP contribution is 2.25. The SMILES string of the molecule is CN(C)CCN1C(=O)CNC1c1cccs1. The molecule has 0 spiro atoms. The minimum absolute atomic E-state index is 0.0763. The number of nitrogens with one attached hydrogen (secondary N) is 1. The van der Waals surface area contributed by atoms with Gasteiger partial charge in [-0.25, -0.2) is 0 Å². The average Bonchev–Trinajstić information content (AvgIpc) is 2.83. The number of carbonyl (C=O) groups is 1. The summed E-state index contributed by atoms with van der Waals surface area (Å²) in [4.78, 5) is 17.0. The Hall–Kier alpha value is -0.910. The zero-order chi connectivity index (χ0) is 11.5. The monoisotopic (exact) mass is 239 g/mol. The van der Waals surface area contributed by atoms with Gasteiger partial charge in [-0.1, -0.05) is 6.07 Å². The van der Waals surface area contributed by atoms with Crippen molar-refractivity contribution in [3.8, 4) is 0 Å². The molecule has 2 rings (SSSR count). The Balaban J connectivity index is 2.04. The molecule has 1 atom stereocenters. The Morgan fingerprint density at radius 2 is 2.44 bits per heavy atom. The standard InChI is InChI=1S/C11H17N3OS/c1-13(2)5-6-14-10(15)8-12-11(14)9-4-3-7-16-9/h3-4,7,11-12H,5-6,8H2,1-2H3. The van der Waals surface area contributed by atoms with Crippen molar-refractivity contribution < 1.29 is 4.79 Å². The third-order valence-electron chi connectivity index (χ3n) is 2.68. The second-order valence-corrected chi connectivity index (χ2v) is 5.17. The fourth-order valence-corrected chi connectivity index (χ4v) is 2.61. The summed E-state index contributed by atoms with van der Waals surface area (Å²) in [7, 11) is 4.04. The molecule has 0 bridgehead atoms. The van der Waals surface area contributed by atoms with E-state index in [0.717, 1.165) is 13.1 Å². The fourth-order valence-electron chi connectivity index (χ4n) is 1.80. The molecule has 1 aromatic heterocycles. The fraction of sp³-hybridized carbons (Fsp3) is 0.545. The van der Waals surface area contributed by atoms with Gasteiger partial charge in [-0.2, -0.15) is 0 Å². The number of hydrogen-bond donors (Lipinski definition) is 1. The number of nitrogens with zero attached hydrogens (tertiary/aromatic N) is 2. The van der Waals surface area contributed by atoms with Crippen molar-refractivity contribution in [2.45, 2.75) is 6.17 Å². The van der Waals surface area contributed by atoms with Gasteiger partial charge in [0.05, 0.1) is 6.54 Å². The Labute approximate surface area is 99.9 Å². The van der Waals surface area contributed by atoms with E-state index >= 15 is 0 Å². The van der Waals surface area contributed by atoms with Crippen LogP contribution in [0.1, 0.15) is 11.0 Å². The molecule has 1 unspecified atom stereocenters. The highest BCUT2D eigenvalue weighted by molar-refractivity contribution is 7.10. The molecule has 5 heteroatoms. The molecule has 1 aromatic rings. The van der Waals surface area contributed by atoms with Crippen molar-refractivity contribution in [1.82, 2.24) is 15.1 Å². The molecule has 0 saturated carbocycles. The van der Waals surface area contributed by atoms with Crippen molar-refractivity contribution in [2.24, 2.45) is 0 Å². The number of likely N-dealkylation sites (N-methyl/N-ethyl adjacent to an activating group) is 1. The van der Waals surface area contributed by atoms with Crippen LogP contribution in [-0.2, 0) is 4.79 Å². The molecule has 1 N–H and O–H groups in total. The smallest absolute Gasteiger partial charge is 0.238 e. The molecule has 0 aliphatic carbocycles. The van der Waals surface area contributed by atoms with E-state index in [-0.39, 0.29) is 12.1 Å². The number of thiophene rings is 1. The lowest BCUT2D eigenvalue weighted by Crippen LogP contribution is -2.35. The molecule has 2 heterocycles. The second kappa shape index (κ2) is 4.95. The molecule has 1 saturated heterocycles. The van der Waals surface area contributed by atoms with Gasteiger partial charge < -0.3 is 9.80 Å². The van der Waals surface area contributed by atoms with Gasteiger partial charge >= 0.3 is 0 Å². The lowest BCUT2D eigenvalue weighted by atomic mass is 10.3. The predicted octanol–water partition coefficient (Wildman–Crippen LogP) is 0.740. The molecule has 1 fully saturated rings. The van der Waals surface area contributed by atoms with Crippen LogP contribution in [0, 0.1) is 0 Å². The van der Waals surface area contributed by atoms with Crippen LogP contribution in [0.4, 0.5) is 0 Å². The van der Waals surface area contributed by atoms with E-state index in [1.807, 2.05) is 30.4 Å². The van der Waals surface area contributed by atoms with E-state index in [9.17, 15) is 4.79 Å². The van der Waals surface area contributed by atoms with Gasteiger partial charge in [-0.15, -0.1) is 11.3 Å². The lowest BCUT2D eigenvalue weighted by Gasteiger charge is -2.24. The van der Waals surface area contributed by atoms with Crippen molar-refractivity contribution in [1.29, 1.82) is 0 Å². The first kappa shape index (κ1) is 11.6. The quantitative estimate of drug-likeness (QED) is 0.842. The molecule has 1 aliphatic rings. The van der Waals surface area contributed by atoms with Crippen molar-refractivity contribution in [3.63, 3.8) is 0 Å². The van der Waals surface area contributed by atoms with Crippen LogP contribution in [-0.4, -0.2) is 49.4 Å². The number of carbonyl (C=O) groups excluding carboxylic acids is 1. The molecule has 0 aromatic carbocycles. The zero-order valence-corrected chi connectivity index (χ0v) is 10.5. The maximum Gasteiger partial charge on any atom is 0.238 e. The summed E-state index contributed by atoms with van der Waals surface area (Å²) in [6.07, 6.45) is 0.0763. The van der Waals surface area contributed by atoms with Crippen LogP contribution in [0.5, 0.6) is 0 Å². The van der Waals surface area contributed by atoms with E-state index < -0.39 is 0 Å². The molecule has 1 aliphatic heterocycles. The third kappa shape index (κ3) is 2.42. The topological polar surface area (TPSA) is 35.6 Å². The zero-order valence-electron chi connectivity index (χ0n) is 9.64. The van der Waals surface area contributed by atoms with E-state index in [0.29, 0.717) is 6.54 Å². The van der Waals surface area contributed by atoms with Crippen LogP contribution < -0.4 is 5.32 Å². The normalized spacial score (nSPS) is 21.1. The second-order valence-electron chi connectivity index (χ2n) is 4.19. The average molecular weight is 239 g/mol.